The van der Waals surface area contributed by atoms with Crippen molar-refractivity contribution in [1.29, 1.82) is 0 Å². The molecular weight excluding hydrogens is 376 g/mol. The van der Waals surface area contributed by atoms with E-state index in [0.29, 0.717) is 11.1 Å². The molecule has 9 heteroatoms. The smallest absolute Gasteiger partial charge is 0.277 e. The number of nitrogens with one attached hydrogen (secondary N) is 2. The van der Waals surface area contributed by atoms with Gasteiger partial charge in [-0.15, -0.1) is 10.2 Å². The van der Waals surface area contributed by atoms with E-state index in [1.54, 1.807) is 11.6 Å². The van der Waals surface area contributed by atoms with Gasteiger partial charge in [-0.05, 0) is 26.8 Å². The first kappa shape index (κ1) is 18.3. The number of aromatic amines is 1. The van der Waals surface area contributed by atoms with E-state index in [9.17, 15) is 4.79 Å². The van der Waals surface area contributed by atoms with Crippen LogP contribution in [-0.4, -0.2) is 36.1 Å². The van der Waals surface area contributed by atoms with Gasteiger partial charge in [0.1, 0.15) is 0 Å². The number of thioether (sulfide) groups is 1. The van der Waals surface area contributed by atoms with Crippen LogP contribution in [0.15, 0.2) is 40.1 Å². The maximum Gasteiger partial charge on any atom is 0.277 e. The maximum atomic E-state index is 12.6. The van der Waals surface area contributed by atoms with Gasteiger partial charge in [0.15, 0.2) is 0 Å². The third kappa shape index (κ3) is 3.29. The predicted molar refractivity (Wildman–Crippen MR) is 108 cm³/mol. The number of benzene rings is 1. The van der Waals surface area contributed by atoms with Crippen LogP contribution in [0.4, 0.5) is 5.69 Å². The van der Waals surface area contributed by atoms with Crippen LogP contribution in [0.1, 0.15) is 18.3 Å². The lowest BCUT2D eigenvalue weighted by atomic mass is 10.2. The second-order valence-corrected chi connectivity index (χ2v) is 7.83. The summed E-state index contributed by atoms with van der Waals surface area (Å²) in [6.07, 6.45) is 1.84. The van der Waals surface area contributed by atoms with E-state index in [0.717, 1.165) is 33.5 Å². The standard InChI is InChI=1S/C19H20N6O2S/c1-10-16(11(2)25(4)24-10)21-17(26)12(3)28-19-23-22-18(27-19)14-9-20-15-8-6-5-7-13(14)15/h5-9,12,20H,1-4H3,(H,21,26)/t12-/m0/s1. The lowest BCUT2D eigenvalue weighted by Gasteiger charge is -2.10. The average Bonchev–Trinajstić information content (AvgIpc) is 3.36. The molecule has 0 saturated carbocycles. The third-order valence-corrected chi connectivity index (χ3v) is 5.56. The van der Waals surface area contributed by atoms with Crippen LogP contribution < -0.4 is 5.32 Å². The van der Waals surface area contributed by atoms with E-state index in [1.165, 1.54) is 11.8 Å². The number of hydrogen-bond acceptors (Lipinski definition) is 6. The van der Waals surface area contributed by atoms with Crippen molar-refractivity contribution in [2.75, 3.05) is 5.32 Å². The number of anilines is 1. The summed E-state index contributed by atoms with van der Waals surface area (Å²) in [4.78, 5) is 15.8. The largest absolute Gasteiger partial charge is 0.411 e. The van der Waals surface area contributed by atoms with Crippen LogP contribution in [0, 0.1) is 13.8 Å². The fraction of sp³-hybridized carbons (Fsp3) is 0.263. The van der Waals surface area contributed by atoms with Crippen molar-refractivity contribution >= 4 is 34.3 Å². The van der Waals surface area contributed by atoms with Gasteiger partial charge in [0.05, 0.1) is 27.9 Å². The number of fused-ring (bicyclic) bond motifs is 1. The third-order valence-electron chi connectivity index (χ3n) is 4.63. The summed E-state index contributed by atoms with van der Waals surface area (Å²) in [6, 6.07) is 7.90. The summed E-state index contributed by atoms with van der Waals surface area (Å²) in [5.74, 6) is 0.280. The van der Waals surface area contributed by atoms with E-state index in [4.69, 9.17) is 4.42 Å². The Morgan fingerprint density at radius 2 is 2.07 bits per heavy atom. The van der Waals surface area contributed by atoms with E-state index in [-0.39, 0.29) is 5.91 Å². The van der Waals surface area contributed by atoms with Crippen LogP contribution in [-0.2, 0) is 11.8 Å². The number of carbonyl (C=O) groups excluding carboxylic acids is 1. The predicted octanol–water partition coefficient (Wildman–Crippen LogP) is 3.69. The quantitative estimate of drug-likeness (QED) is 0.499. The molecule has 0 radical (unpaired) electrons. The Balaban J connectivity index is 1.48. The molecule has 28 heavy (non-hydrogen) atoms. The summed E-state index contributed by atoms with van der Waals surface area (Å²) in [6.45, 7) is 5.58. The monoisotopic (exact) mass is 396 g/mol. The molecule has 0 aliphatic heterocycles. The molecule has 3 aromatic heterocycles. The van der Waals surface area contributed by atoms with Crippen LogP contribution in [0.2, 0.25) is 0 Å². The van der Waals surface area contributed by atoms with Crippen LogP contribution in [0.25, 0.3) is 22.4 Å². The number of para-hydroxylation sites is 1. The number of hydrogen-bond donors (Lipinski definition) is 2. The van der Waals surface area contributed by atoms with E-state index >= 15 is 0 Å². The van der Waals surface area contributed by atoms with Gasteiger partial charge >= 0.3 is 0 Å². The Morgan fingerprint density at radius 1 is 1.29 bits per heavy atom. The number of H-pyrrole nitrogens is 1. The fourth-order valence-corrected chi connectivity index (χ4v) is 3.68. The Hall–Kier alpha value is -3.07. The molecule has 1 aromatic carbocycles. The van der Waals surface area contributed by atoms with Gasteiger partial charge in [-0.3, -0.25) is 9.48 Å². The van der Waals surface area contributed by atoms with Gasteiger partial charge in [-0.1, -0.05) is 30.0 Å². The zero-order valence-electron chi connectivity index (χ0n) is 16.0. The SMILES string of the molecule is Cc1nn(C)c(C)c1NC(=O)[C@H](C)Sc1nnc(-c2c[nH]c3ccccc23)o1. The highest BCUT2D eigenvalue weighted by molar-refractivity contribution is 8.00. The topological polar surface area (TPSA) is 102 Å². The highest BCUT2D eigenvalue weighted by Crippen LogP contribution is 2.31. The summed E-state index contributed by atoms with van der Waals surface area (Å²) in [5, 5.41) is 16.4. The molecule has 2 N–H and O–H groups in total. The second kappa shape index (κ2) is 7.16. The molecule has 0 unspecified atom stereocenters. The minimum atomic E-state index is -0.407. The van der Waals surface area contributed by atoms with Gasteiger partial charge in [0.2, 0.25) is 5.91 Å². The first-order valence-corrected chi connectivity index (χ1v) is 9.69. The normalized spacial score (nSPS) is 12.4. The number of nitrogens with zero attached hydrogens (tertiary/aromatic N) is 4. The first-order valence-electron chi connectivity index (χ1n) is 8.81. The van der Waals surface area contributed by atoms with Crippen molar-refractivity contribution in [3.63, 3.8) is 0 Å². The number of rotatable bonds is 5. The fourth-order valence-electron chi connectivity index (χ4n) is 3.00. The van der Waals surface area contributed by atoms with Crippen molar-refractivity contribution in [3.8, 4) is 11.5 Å². The maximum absolute atomic E-state index is 12.6. The van der Waals surface area contributed by atoms with Gasteiger partial charge in [0, 0.05) is 24.1 Å². The Kier molecular flexibility index (Phi) is 4.68. The van der Waals surface area contributed by atoms with E-state index < -0.39 is 5.25 Å². The zero-order valence-corrected chi connectivity index (χ0v) is 16.8. The second-order valence-electron chi connectivity index (χ2n) is 6.54. The van der Waals surface area contributed by atoms with Crippen molar-refractivity contribution in [3.05, 3.63) is 41.9 Å². The summed E-state index contributed by atoms with van der Waals surface area (Å²) >= 11 is 1.22. The van der Waals surface area contributed by atoms with Crippen molar-refractivity contribution in [2.24, 2.45) is 7.05 Å². The lowest BCUT2D eigenvalue weighted by Crippen LogP contribution is -2.23. The molecule has 4 aromatic rings. The zero-order chi connectivity index (χ0) is 19.8. The molecule has 8 nitrogen and oxygen atoms in total. The van der Waals surface area contributed by atoms with Crippen LogP contribution in [0.5, 0.6) is 0 Å². The summed E-state index contributed by atoms with van der Waals surface area (Å²) < 4.78 is 7.53. The highest BCUT2D eigenvalue weighted by atomic mass is 32.2. The molecule has 0 bridgehead atoms. The molecule has 0 aliphatic rings. The van der Waals surface area contributed by atoms with E-state index in [2.05, 4.69) is 25.6 Å². The molecule has 0 saturated heterocycles. The molecule has 144 valence electrons. The molecule has 1 atom stereocenters. The molecule has 0 fully saturated rings. The van der Waals surface area contributed by atoms with Crippen molar-refractivity contribution in [1.82, 2.24) is 25.0 Å². The minimum Gasteiger partial charge on any atom is -0.411 e. The Bertz CT molecular complexity index is 1160. The molecule has 0 aliphatic carbocycles. The van der Waals surface area contributed by atoms with Crippen molar-refractivity contribution < 1.29 is 9.21 Å². The molecule has 0 spiro atoms. The van der Waals surface area contributed by atoms with Gasteiger partial charge < -0.3 is 14.7 Å². The number of carbonyl (C=O) groups is 1. The average molecular weight is 396 g/mol. The minimum absolute atomic E-state index is 0.143. The molecular formula is C19H20N6O2S. The van der Waals surface area contributed by atoms with E-state index in [1.807, 2.05) is 51.4 Å². The molecule has 4 rings (SSSR count). The van der Waals surface area contributed by atoms with Crippen LogP contribution >= 0.6 is 11.8 Å². The summed E-state index contributed by atoms with van der Waals surface area (Å²) in [5.41, 5.74) is 4.27. The summed E-state index contributed by atoms with van der Waals surface area (Å²) in [7, 11) is 1.85. The van der Waals surface area contributed by atoms with Gasteiger partial charge in [0.25, 0.3) is 11.1 Å². The highest BCUT2D eigenvalue weighted by Gasteiger charge is 2.22. The number of aryl methyl sites for hydroxylation is 2. The van der Waals surface area contributed by atoms with Gasteiger partial charge in [-0.2, -0.15) is 5.10 Å². The number of aromatic nitrogens is 5. The first-order chi connectivity index (χ1) is 13.4. The lowest BCUT2D eigenvalue weighted by molar-refractivity contribution is -0.115. The Labute approximate surface area is 165 Å². The van der Waals surface area contributed by atoms with Crippen LogP contribution in [0.3, 0.4) is 0 Å². The number of amides is 1. The molecule has 3 heterocycles. The molecule has 1 amide bonds. The van der Waals surface area contributed by atoms with Crippen molar-refractivity contribution in [2.45, 2.75) is 31.2 Å². The Morgan fingerprint density at radius 3 is 2.82 bits per heavy atom. The van der Waals surface area contributed by atoms with Gasteiger partial charge in [-0.25, -0.2) is 0 Å².